The lowest BCUT2D eigenvalue weighted by Gasteiger charge is -2.26. The van der Waals surface area contributed by atoms with Crippen molar-refractivity contribution in [3.63, 3.8) is 0 Å². The Hall–Kier alpha value is -0.570. The van der Waals surface area contributed by atoms with Gasteiger partial charge in [-0.2, -0.15) is 0 Å². The number of carbonyl (C=O) groups is 1. The second kappa shape index (κ2) is 4.61. The van der Waals surface area contributed by atoms with E-state index in [1.807, 2.05) is 0 Å². The number of primary amides is 1. The molecular weight excluding hydrogens is 164 g/mol. The second-order valence-electron chi connectivity index (χ2n) is 3.99. The lowest BCUT2D eigenvalue weighted by Crippen LogP contribution is -2.40. The summed E-state index contributed by atoms with van der Waals surface area (Å²) in [4.78, 5) is 13.5. The maximum absolute atomic E-state index is 11.2. The van der Waals surface area contributed by atoms with Crippen LogP contribution in [0.15, 0.2) is 0 Å². The maximum Gasteiger partial charge on any atom is 0.222 e. The molecule has 13 heavy (non-hydrogen) atoms. The van der Waals surface area contributed by atoms with Crippen molar-refractivity contribution >= 4 is 5.91 Å². The van der Waals surface area contributed by atoms with E-state index in [4.69, 9.17) is 5.73 Å². The fourth-order valence-corrected chi connectivity index (χ4v) is 2.28. The predicted molar refractivity (Wildman–Crippen MR) is 53.2 cm³/mol. The average Bonchev–Trinajstić information content (AvgIpc) is 2.47. The zero-order valence-corrected chi connectivity index (χ0v) is 8.62. The van der Waals surface area contributed by atoms with E-state index in [0.717, 1.165) is 25.8 Å². The van der Waals surface area contributed by atoms with Gasteiger partial charge in [-0.25, -0.2) is 0 Å². The summed E-state index contributed by atoms with van der Waals surface area (Å²) in [5.74, 6) is -0.0573. The van der Waals surface area contributed by atoms with Crippen LogP contribution < -0.4 is 5.73 Å². The van der Waals surface area contributed by atoms with Crippen molar-refractivity contribution in [3.05, 3.63) is 0 Å². The number of carbonyl (C=O) groups excluding carboxylic acids is 1. The van der Waals surface area contributed by atoms with E-state index in [1.165, 1.54) is 6.42 Å². The molecule has 1 amide bonds. The third-order valence-corrected chi connectivity index (χ3v) is 3.01. The molecule has 0 aromatic rings. The van der Waals surface area contributed by atoms with E-state index >= 15 is 0 Å². The highest BCUT2D eigenvalue weighted by atomic mass is 16.1. The van der Waals surface area contributed by atoms with Gasteiger partial charge >= 0.3 is 0 Å². The maximum atomic E-state index is 11.2. The molecule has 0 aliphatic carbocycles. The Morgan fingerprint density at radius 3 is 2.77 bits per heavy atom. The SMILES string of the molecule is CCCC(C(N)=O)C1CCCN1C. The molecule has 0 radical (unpaired) electrons. The molecule has 2 atom stereocenters. The fraction of sp³-hybridized carbons (Fsp3) is 0.900. The highest BCUT2D eigenvalue weighted by Gasteiger charge is 2.31. The third-order valence-electron chi connectivity index (χ3n) is 3.01. The minimum atomic E-state index is -0.124. The summed E-state index contributed by atoms with van der Waals surface area (Å²) >= 11 is 0. The first-order valence-electron chi connectivity index (χ1n) is 5.16. The normalized spacial score (nSPS) is 26.2. The number of nitrogens with zero attached hydrogens (tertiary/aromatic N) is 1. The number of likely N-dealkylation sites (tertiary alicyclic amines) is 1. The van der Waals surface area contributed by atoms with Gasteiger partial charge in [0.25, 0.3) is 0 Å². The first-order chi connectivity index (χ1) is 6.16. The molecule has 1 heterocycles. The number of amides is 1. The standard InChI is InChI=1S/C10H20N2O/c1-3-5-8(10(11)13)9-6-4-7-12(9)2/h8-9H,3-7H2,1-2H3,(H2,11,13). The molecule has 1 aliphatic heterocycles. The molecule has 3 heteroatoms. The van der Waals surface area contributed by atoms with Crippen LogP contribution in [0.5, 0.6) is 0 Å². The molecule has 0 spiro atoms. The summed E-state index contributed by atoms with van der Waals surface area (Å²) in [5, 5.41) is 0. The van der Waals surface area contributed by atoms with Gasteiger partial charge in [-0.15, -0.1) is 0 Å². The van der Waals surface area contributed by atoms with Crippen LogP contribution in [0.25, 0.3) is 0 Å². The summed E-state index contributed by atoms with van der Waals surface area (Å²) < 4.78 is 0. The lowest BCUT2D eigenvalue weighted by molar-refractivity contribution is -0.123. The van der Waals surface area contributed by atoms with Gasteiger partial charge in [-0.1, -0.05) is 13.3 Å². The molecule has 1 aliphatic rings. The minimum absolute atomic E-state index is 0.0671. The Bertz CT molecular complexity index is 182. The van der Waals surface area contributed by atoms with Gasteiger partial charge in [-0.05, 0) is 32.9 Å². The van der Waals surface area contributed by atoms with Crippen LogP contribution in [0.4, 0.5) is 0 Å². The Kier molecular flexibility index (Phi) is 3.72. The van der Waals surface area contributed by atoms with Crippen molar-refractivity contribution in [1.29, 1.82) is 0 Å². The monoisotopic (exact) mass is 184 g/mol. The molecule has 3 nitrogen and oxygen atoms in total. The van der Waals surface area contributed by atoms with Crippen molar-refractivity contribution in [1.82, 2.24) is 4.90 Å². The second-order valence-corrected chi connectivity index (χ2v) is 3.99. The van der Waals surface area contributed by atoms with Crippen molar-refractivity contribution in [2.24, 2.45) is 11.7 Å². The Labute approximate surface area is 80.3 Å². The Balaban J connectivity index is 2.57. The van der Waals surface area contributed by atoms with Crippen LogP contribution in [-0.2, 0) is 4.79 Å². The highest BCUT2D eigenvalue weighted by molar-refractivity contribution is 5.77. The topological polar surface area (TPSA) is 46.3 Å². The van der Waals surface area contributed by atoms with Crippen LogP contribution in [0.2, 0.25) is 0 Å². The van der Waals surface area contributed by atoms with Crippen LogP contribution in [0.3, 0.4) is 0 Å². The molecule has 2 N–H and O–H groups in total. The Morgan fingerprint density at radius 1 is 1.69 bits per heavy atom. The third kappa shape index (κ3) is 2.44. The van der Waals surface area contributed by atoms with Gasteiger partial charge in [0, 0.05) is 6.04 Å². The fourth-order valence-electron chi connectivity index (χ4n) is 2.28. The molecule has 0 bridgehead atoms. The average molecular weight is 184 g/mol. The van der Waals surface area contributed by atoms with E-state index in [0.29, 0.717) is 6.04 Å². The quantitative estimate of drug-likeness (QED) is 0.708. The molecule has 0 aromatic carbocycles. The lowest BCUT2D eigenvalue weighted by atomic mass is 9.92. The minimum Gasteiger partial charge on any atom is -0.369 e. The van der Waals surface area contributed by atoms with Gasteiger partial charge in [0.1, 0.15) is 0 Å². The van der Waals surface area contributed by atoms with Gasteiger partial charge in [0.05, 0.1) is 5.92 Å². The Morgan fingerprint density at radius 2 is 2.38 bits per heavy atom. The van der Waals surface area contributed by atoms with Crippen LogP contribution >= 0.6 is 0 Å². The molecule has 1 saturated heterocycles. The summed E-state index contributed by atoms with van der Waals surface area (Å²) in [5.41, 5.74) is 5.40. The van der Waals surface area contributed by atoms with E-state index in [-0.39, 0.29) is 11.8 Å². The zero-order chi connectivity index (χ0) is 9.84. The molecule has 2 unspecified atom stereocenters. The van der Waals surface area contributed by atoms with Crippen molar-refractivity contribution < 1.29 is 4.79 Å². The molecule has 76 valence electrons. The van der Waals surface area contributed by atoms with Gasteiger partial charge in [0.2, 0.25) is 5.91 Å². The molecule has 0 aromatic heterocycles. The van der Waals surface area contributed by atoms with Crippen molar-refractivity contribution in [2.75, 3.05) is 13.6 Å². The van der Waals surface area contributed by atoms with Crippen molar-refractivity contribution in [3.8, 4) is 0 Å². The van der Waals surface area contributed by atoms with Crippen LogP contribution in [0, 0.1) is 5.92 Å². The number of nitrogens with two attached hydrogens (primary N) is 1. The first kappa shape index (κ1) is 10.5. The van der Waals surface area contributed by atoms with Crippen molar-refractivity contribution in [2.45, 2.75) is 38.6 Å². The van der Waals surface area contributed by atoms with Gasteiger partial charge in [0.15, 0.2) is 0 Å². The summed E-state index contributed by atoms with van der Waals surface area (Å²) in [6.07, 6.45) is 4.31. The smallest absolute Gasteiger partial charge is 0.222 e. The summed E-state index contributed by atoms with van der Waals surface area (Å²) in [6, 6.07) is 0.400. The van der Waals surface area contributed by atoms with E-state index in [1.54, 1.807) is 0 Å². The molecular formula is C10H20N2O. The molecule has 0 saturated carbocycles. The number of hydrogen-bond donors (Lipinski definition) is 1. The number of hydrogen-bond acceptors (Lipinski definition) is 2. The van der Waals surface area contributed by atoms with Gasteiger partial charge in [-0.3, -0.25) is 4.79 Å². The molecule has 1 fully saturated rings. The molecule has 1 rings (SSSR count). The van der Waals surface area contributed by atoms with E-state index in [2.05, 4.69) is 18.9 Å². The first-order valence-corrected chi connectivity index (χ1v) is 5.16. The van der Waals surface area contributed by atoms with Crippen LogP contribution in [0.1, 0.15) is 32.6 Å². The van der Waals surface area contributed by atoms with Gasteiger partial charge < -0.3 is 10.6 Å². The van der Waals surface area contributed by atoms with E-state index in [9.17, 15) is 4.79 Å². The predicted octanol–water partition coefficient (Wildman–Crippen LogP) is 0.982. The largest absolute Gasteiger partial charge is 0.369 e. The number of rotatable bonds is 4. The summed E-state index contributed by atoms with van der Waals surface area (Å²) in [6.45, 7) is 3.21. The zero-order valence-electron chi connectivity index (χ0n) is 8.62. The van der Waals surface area contributed by atoms with Crippen LogP contribution in [-0.4, -0.2) is 30.4 Å². The summed E-state index contributed by atoms with van der Waals surface area (Å²) in [7, 11) is 2.09. The van der Waals surface area contributed by atoms with E-state index < -0.39 is 0 Å². The highest BCUT2D eigenvalue weighted by Crippen LogP contribution is 2.25.